The van der Waals surface area contributed by atoms with Gasteiger partial charge in [-0.15, -0.1) is 5.10 Å². The number of nitrogens with zero attached hydrogens (tertiary/aromatic N) is 3. The molecule has 0 fully saturated rings. The van der Waals surface area contributed by atoms with E-state index in [1.165, 1.54) is 15.9 Å². The van der Waals surface area contributed by atoms with Crippen LogP contribution in [0.25, 0.3) is 11.0 Å². The second kappa shape index (κ2) is 6.30. The van der Waals surface area contributed by atoms with Crippen molar-refractivity contribution >= 4 is 38.3 Å². The Morgan fingerprint density at radius 3 is 2.54 bits per heavy atom. The number of rotatable bonds is 3. The number of fused-ring (bicyclic) bond motifs is 1. The minimum Gasteiger partial charge on any atom is -0.266 e. The van der Waals surface area contributed by atoms with Gasteiger partial charge in [-0.2, -0.15) is 4.52 Å². The normalized spacial score (nSPS) is 12.1. The van der Waals surface area contributed by atoms with E-state index >= 15 is 0 Å². The highest BCUT2D eigenvalue weighted by atomic mass is 79.9. The maximum Gasteiger partial charge on any atom is 0.291 e. The van der Waals surface area contributed by atoms with Crippen molar-refractivity contribution in [2.75, 3.05) is 0 Å². The first-order valence-electron chi connectivity index (χ1n) is 7.39. The van der Waals surface area contributed by atoms with Crippen molar-refractivity contribution in [2.24, 2.45) is 0 Å². The molecule has 2 aromatic heterocycles. The molecule has 0 aliphatic rings. The van der Waals surface area contributed by atoms with Crippen molar-refractivity contribution in [2.45, 2.75) is 6.42 Å². The Hall–Kier alpha value is -2.31. The van der Waals surface area contributed by atoms with Crippen LogP contribution in [-0.4, -0.2) is 14.6 Å². The van der Waals surface area contributed by atoms with Gasteiger partial charge in [0.25, 0.3) is 5.56 Å². The van der Waals surface area contributed by atoms with Crippen LogP contribution in [0.3, 0.4) is 0 Å². The van der Waals surface area contributed by atoms with Crippen LogP contribution in [0, 0.1) is 0 Å². The van der Waals surface area contributed by atoms with Gasteiger partial charge in [-0.05, 0) is 29.3 Å². The van der Waals surface area contributed by atoms with Crippen LogP contribution < -0.4 is 10.1 Å². The Kier molecular flexibility index (Phi) is 4.00. The molecule has 0 spiro atoms. The molecule has 0 saturated carbocycles. The molecule has 0 N–H and O–H groups in total. The molecule has 0 bridgehead atoms. The number of hydrogen-bond acceptors (Lipinski definition) is 4. The molecule has 24 heavy (non-hydrogen) atoms. The van der Waals surface area contributed by atoms with E-state index in [9.17, 15) is 4.79 Å². The zero-order chi connectivity index (χ0) is 16.5. The Labute approximate surface area is 150 Å². The van der Waals surface area contributed by atoms with Gasteiger partial charge < -0.3 is 0 Å². The van der Waals surface area contributed by atoms with Gasteiger partial charge in [-0.25, -0.2) is 4.98 Å². The molecule has 2 aromatic carbocycles. The molecule has 4 rings (SSSR count). The SMILES string of the molecule is O=c1/c(=C/c2ccc(Br)cc2)sc2nc(Cc3ccccc3)nn12. The van der Waals surface area contributed by atoms with E-state index in [0.29, 0.717) is 21.7 Å². The standard InChI is InChI=1S/C18H12BrN3OS/c19-14-8-6-13(7-9-14)10-15-17(23)22-18(24-15)20-16(21-22)11-12-4-2-1-3-5-12/h1-10H,11H2/b15-10-. The van der Waals surface area contributed by atoms with Crippen molar-refractivity contribution in [3.63, 3.8) is 0 Å². The molecule has 2 heterocycles. The largest absolute Gasteiger partial charge is 0.291 e. The van der Waals surface area contributed by atoms with Gasteiger partial charge in [-0.3, -0.25) is 4.79 Å². The molecule has 0 saturated heterocycles. The maximum absolute atomic E-state index is 12.5. The molecule has 0 aliphatic heterocycles. The molecular formula is C18H12BrN3OS. The molecule has 118 valence electrons. The van der Waals surface area contributed by atoms with Crippen LogP contribution >= 0.6 is 27.3 Å². The van der Waals surface area contributed by atoms with Crippen LogP contribution in [0.5, 0.6) is 0 Å². The first-order chi connectivity index (χ1) is 11.7. The van der Waals surface area contributed by atoms with Gasteiger partial charge in [0.2, 0.25) is 4.96 Å². The summed E-state index contributed by atoms with van der Waals surface area (Å²) in [7, 11) is 0. The van der Waals surface area contributed by atoms with Crippen LogP contribution in [0.15, 0.2) is 63.9 Å². The molecular weight excluding hydrogens is 386 g/mol. The van der Waals surface area contributed by atoms with E-state index in [-0.39, 0.29) is 5.56 Å². The van der Waals surface area contributed by atoms with Crippen LogP contribution in [0.2, 0.25) is 0 Å². The highest BCUT2D eigenvalue weighted by Crippen LogP contribution is 2.11. The van der Waals surface area contributed by atoms with Gasteiger partial charge in [0.1, 0.15) is 0 Å². The van der Waals surface area contributed by atoms with E-state index in [4.69, 9.17) is 0 Å². The number of thiazole rings is 1. The number of aromatic nitrogens is 3. The number of benzene rings is 2. The predicted molar refractivity (Wildman–Crippen MR) is 99.3 cm³/mol. The average Bonchev–Trinajstić information content (AvgIpc) is 3.10. The van der Waals surface area contributed by atoms with E-state index < -0.39 is 0 Å². The van der Waals surface area contributed by atoms with Gasteiger partial charge in [0, 0.05) is 10.9 Å². The summed E-state index contributed by atoms with van der Waals surface area (Å²) in [6.07, 6.45) is 2.49. The molecule has 0 atom stereocenters. The summed E-state index contributed by atoms with van der Waals surface area (Å²) in [5.74, 6) is 0.666. The summed E-state index contributed by atoms with van der Waals surface area (Å²) in [5.41, 5.74) is 1.99. The Bertz CT molecular complexity index is 1100. The Morgan fingerprint density at radius 2 is 1.83 bits per heavy atom. The lowest BCUT2D eigenvalue weighted by Crippen LogP contribution is -2.23. The quantitative estimate of drug-likeness (QED) is 0.533. The third kappa shape index (κ3) is 3.02. The first-order valence-corrected chi connectivity index (χ1v) is 9.00. The van der Waals surface area contributed by atoms with E-state index in [0.717, 1.165) is 15.6 Å². The van der Waals surface area contributed by atoms with E-state index in [1.54, 1.807) is 0 Å². The Morgan fingerprint density at radius 1 is 1.08 bits per heavy atom. The predicted octanol–water partition coefficient (Wildman–Crippen LogP) is 3.05. The van der Waals surface area contributed by atoms with E-state index in [2.05, 4.69) is 26.0 Å². The lowest BCUT2D eigenvalue weighted by molar-refractivity contribution is 0.879. The second-order valence-electron chi connectivity index (χ2n) is 5.35. The monoisotopic (exact) mass is 397 g/mol. The fourth-order valence-corrected chi connectivity index (χ4v) is 3.63. The summed E-state index contributed by atoms with van der Waals surface area (Å²) in [6.45, 7) is 0. The number of hydrogen-bond donors (Lipinski definition) is 0. The molecule has 0 aliphatic carbocycles. The van der Waals surface area contributed by atoms with Crippen molar-refractivity contribution < 1.29 is 0 Å². The van der Waals surface area contributed by atoms with Gasteiger partial charge in [-0.1, -0.05) is 69.7 Å². The highest BCUT2D eigenvalue weighted by molar-refractivity contribution is 9.10. The summed E-state index contributed by atoms with van der Waals surface area (Å²) in [6, 6.07) is 17.8. The topological polar surface area (TPSA) is 47.3 Å². The minimum absolute atomic E-state index is 0.121. The van der Waals surface area contributed by atoms with Crippen LogP contribution in [0.4, 0.5) is 0 Å². The zero-order valence-corrected chi connectivity index (χ0v) is 14.9. The maximum atomic E-state index is 12.5. The van der Waals surface area contributed by atoms with Crippen molar-refractivity contribution in [1.29, 1.82) is 0 Å². The molecule has 6 heteroatoms. The lowest BCUT2D eigenvalue weighted by atomic mass is 10.1. The van der Waals surface area contributed by atoms with Gasteiger partial charge >= 0.3 is 0 Å². The molecule has 4 nitrogen and oxygen atoms in total. The van der Waals surface area contributed by atoms with Crippen LogP contribution in [-0.2, 0) is 6.42 Å². The number of halogens is 1. The van der Waals surface area contributed by atoms with Crippen molar-refractivity contribution in [1.82, 2.24) is 14.6 Å². The average molecular weight is 398 g/mol. The third-order valence-electron chi connectivity index (χ3n) is 3.60. The third-order valence-corrected chi connectivity index (χ3v) is 5.09. The molecule has 0 radical (unpaired) electrons. The Balaban J connectivity index is 1.71. The fourth-order valence-electron chi connectivity index (χ4n) is 2.44. The molecule has 0 amide bonds. The summed E-state index contributed by atoms with van der Waals surface area (Å²) in [4.78, 5) is 17.6. The van der Waals surface area contributed by atoms with Crippen molar-refractivity contribution in [3.8, 4) is 0 Å². The first kappa shape index (κ1) is 15.2. The second-order valence-corrected chi connectivity index (χ2v) is 7.28. The zero-order valence-electron chi connectivity index (χ0n) is 12.5. The lowest BCUT2D eigenvalue weighted by Gasteiger charge is -1.94. The summed E-state index contributed by atoms with van der Waals surface area (Å²) >= 11 is 4.77. The van der Waals surface area contributed by atoms with Gasteiger partial charge in [0.05, 0.1) is 4.53 Å². The van der Waals surface area contributed by atoms with Gasteiger partial charge in [0.15, 0.2) is 5.82 Å². The van der Waals surface area contributed by atoms with Crippen molar-refractivity contribution in [3.05, 3.63) is 90.9 Å². The molecule has 0 unspecified atom stereocenters. The van der Waals surface area contributed by atoms with Crippen LogP contribution in [0.1, 0.15) is 17.0 Å². The smallest absolute Gasteiger partial charge is 0.266 e. The summed E-state index contributed by atoms with van der Waals surface area (Å²) in [5, 5.41) is 4.36. The fraction of sp³-hybridized carbons (Fsp3) is 0.0556. The molecule has 4 aromatic rings. The summed E-state index contributed by atoms with van der Waals surface area (Å²) < 4.78 is 3.04. The van der Waals surface area contributed by atoms with E-state index in [1.807, 2.05) is 60.7 Å². The highest BCUT2D eigenvalue weighted by Gasteiger charge is 2.10. The minimum atomic E-state index is -0.121.